The number of hydrazine groups is 1. The quantitative estimate of drug-likeness (QED) is 0.364. The van der Waals surface area contributed by atoms with Gasteiger partial charge in [-0.25, -0.2) is 0 Å². The van der Waals surface area contributed by atoms with Crippen LogP contribution in [0.4, 0.5) is 0 Å². The van der Waals surface area contributed by atoms with E-state index in [2.05, 4.69) is 23.1 Å². The van der Waals surface area contributed by atoms with Crippen LogP contribution >= 0.6 is 23.8 Å². The third-order valence-electron chi connectivity index (χ3n) is 3.71. The number of carbonyl (C=O) groups excluding carboxylic acids is 2. The van der Waals surface area contributed by atoms with E-state index in [9.17, 15) is 9.59 Å². The molecule has 0 saturated carbocycles. The molecule has 0 saturated heterocycles. The molecule has 0 aliphatic carbocycles. The lowest BCUT2D eigenvalue weighted by molar-refractivity contribution is -0.121. The van der Waals surface area contributed by atoms with E-state index in [1.807, 2.05) is 0 Å². The van der Waals surface area contributed by atoms with Crippen LogP contribution in [0, 0.1) is 0 Å². The Hall–Kier alpha value is -2.64. The van der Waals surface area contributed by atoms with E-state index in [1.54, 1.807) is 48.5 Å². The number of halogens is 1. The first-order chi connectivity index (χ1) is 13.5. The third kappa shape index (κ3) is 7.17. The third-order valence-corrected chi connectivity index (χ3v) is 4.16. The minimum Gasteiger partial charge on any atom is -0.493 e. The van der Waals surface area contributed by atoms with Crippen molar-refractivity contribution >= 4 is 40.7 Å². The molecule has 6 nitrogen and oxygen atoms in total. The fourth-order valence-corrected chi connectivity index (χ4v) is 2.54. The highest BCUT2D eigenvalue weighted by Crippen LogP contribution is 2.18. The zero-order chi connectivity index (χ0) is 20.4. The van der Waals surface area contributed by atoms with E-state index in [1.165, 1.54) is 0 Å². The number of hydrogen-bond acceptors (Lipinski definition) is 4. The lowest BCUT2D eigenvalue weighted by atomic mass is 10.1. The summed E-state index contributed by atoms with van der Waals surface area (Å²) in [6.45, 7) is 2.59. The Morgan fingerprint density at radius 2 is 1.79 bits per heavy atom. The van der Waals surface area contributed by atoms with Crippen LogP contribution in [0.5, 0.6) is 5.75 Å². The fourth-order valence-electron chi connectivity index (χ4n) is 2.27. The number of hydrogen-bond donors (Lipinski definition) is 3. The molecule has 2 rings (SSSR count). The number of unbranched alkanes of at least 4 members (excludes halogenated alkanes) is 1. The monoisotopic (exact) mass is 419 g/mol. The lowest BCUT2D eigenvalue weighted by Gasteiger charge is -2.13. The van der Waals surface area contributed by atoms with Gasteiger partial charge in [0, 0.05) is 5.02 Å². The number of ether oxygens (including phenoxy) is 1. The molecule has 28 heavy (non-hydrogen) atoms. The lowest BCUT2D eigenvalue weighted by Crippen LogP contribution is -2.48. The SMILES string of the molecule is CCCCOc1ccccc1C(=O)NC(=S)NNC(=O)Cc1ccc(Cl)cc1. The van der Waals surface area contributed by atoms with Crippen molar-refractivity contribution in [2.75, 3.05) is 6.61 Å². The molecule has 0 aromatic heterocycles. The minimum absolute atomic E-state index is 0.0159. The van der Waals surface area contributed by atoms with E-state index >= 15 is 0 Å². The summed E-state index contributed by atoms with van der Waals surface area (Å²) in [5.41, 5.74) is 6.14. The fraction of sp³-hybridized carbons (Fsp3) is 0.250. The van der Waals surface area contributed by atoms with Gasteiger partial charge in [-0.15, -0.1) is 0 Å². The Morgan fingerprint density at radius 1 is 1.07 bits per heavy atom. The van der Waals surface area contributed by atoms with E-state index in [4.69, 9.17) is 28.6 Å². The van der Waals surface area contributed by atoms with Crippen LogP contribution in [-0.2, 0) is 11.2 Å². The molecule has 8 heteroatoms. The number of benzene rings is 2. The summed E-state index contributed by atoms with van der Waals surface area (Å²) in [5.74, 6) is -0.234. The second-order valence-electron chi connectivity index (χ2n) is 5.96. The standard InChI is InChI=1S/C20H22ClN3O3S/c1-2-3-12-27-17-7-5-4-6-16(17)19(26)22-20(28)24-23-18(25)13-14-8-10-15(21)11-9-14/h4-11H,2-3,12-13H2,1H3,(H,23,25)(H2,22,24,26,28). The molecular formula is C20H22ClN3O3S. The van der Waals surface area contributed by atoms with Crippen molar-refractivity contribution < 1.29 is 14.3 Å². The smallest absolute Gasteiger partial charge is 0.261 e. The molecular weight excluding hydrogens is 398 g/mol. The average molecular weight is 420 g/mol. The molecule has 0 unspecified atom stereocenters. The van der Waals surface area contributed by atoms with E-state index in [-0.39, 0.29) is 17.4 Å². The van der Waals surface area contributed by atoms with Crippen molar-refractivity contribution in [1.29, 1.82) is 0 Å². The van der Waals surface area contributed by atoms with Crippen LogP contribution in [0.2, 0.25) is 5.02 Å². The van der Waals surface area contributed by atoms with Crippen LogP contribution in [0.25, 0.3) is 0 Å². The number of nitrogens with one attached hydrogen (secondary N) is 3. The number of rotatable bonds is 7. The number of para-hydroxylation sites is 1. The summed E-state index contributed by atoms with van der Waals surface area (Å²) in [7, 11) is 0. The molecule has 2 aromatic carbocycles. The van der Waals surface area contributed by atoms with Gasteiger partial charge in [-0.1, -0.05) is 49.2 Å². The summed E-state index contributed by atoms with van der Waals surface area (Å²) in [6.07, 6.45) is 2.04. The van der Waals surface area contributed by atoms with Gasteiger partial charge in [-0.2, -0.15) is 0 Å². The highest BCUT2D eigenvalue weighted by atomic mass is 35.5. The first-order valence-electron chi connectivity index (χ1n) is 8.86. The van der Waals surface area contributed by atoms with Gasteiger partial charge < -0.3 is 4.74 Å². The summed E-state index contributed by atoms with van der Waals surface area (Å²) in [6, 6.07) is 13.9. The van der Waals surface area contributed by atoms with E-state index in [0.717, 1.165) is 18.4 Å². The Morgan fingerprint density at radius 3 is 2.50 bits per heavy atom. The molecule has 0 bridgehead atoms. The second kappa shape index (κ2) is 11.3. The molecule has 0 heterocycles. The summed E-state index contributed by atoms with van der Waals surface area (Å²) < 4.78 is 5.65. The van der Waals surface area contributed by atoms with Crippen molar-refractivity contribution in [2.24, 2.45) is 0 Å². The molecule has 0 aliphatic heterocycles. The highest BCUT2D eigenvalue weighted by Gasteiger charge is 2.14. The van der Waals surface area contributed by atoms with Crippen LogP contribution in [-0.4, -0.2) is 23.5 Å². The van der Waals surface area contributed by atoms with Crippen LogP contribution in [0.3, 0.4) is 0 Å². The largest absolute Gasteiger partial charge is 0.493 e. The first-order valence-corrected chi connectivity index (χ1v) is 9.64. The minimum atomic E-state index is -0.420. The van der Waals surface area contributed by atoms with Gasteiger partial charge >= 0.3 is 0 Å². The number of thiocarbonyl (C=S) groups is 1. The second-order valence-corrected chi connectivity index (χ2v) is 6.80. The zero-order valence-corrected chi connectivity index (χ0v) is 17.0. The molecule has 0 atom stereocenters. The molecule has 0 radical (unpaired) electrons. The molecule has 148 valence electrons. The number of amides is 2. The predicted octanol–water partition coefficient (Wildman–Crippen LogP) is 3.40. The summed E-state index contributed by atoms with van der Waals surface area (Å²) in [5, 5.41) is 3.11. The average Bonchev–Trinajstić information content (AvgIpc) is 2.69. The van der Waals surface area contributed by atoms with Gasteiger partial charge in [0.15, 0.2) is 5.11 Å². The Balaban J connectivity index is 1.83. The van der Waals surface area contributed by atoms with Crippen LogP contribution in [0.1, 0.15) is 35.7 Å². The maximum Gasteiger partial charge on any atom is 0.261 e. The van der Waals surface area contributed by atoms with Crippen molar-refractivity contribution in [3.63, 3.8) is 0 Å². The Kier molecular flexibility index (Phi) is 8.71. The van der Waals surface area contributed by atoms with Crippen molar-refractivity contribution in [1.82, 2.24) is 16.2 Å². The van der Waals surface area contributed by atoms with Crippen molar-refractivity contribution in [3.8, 4) is 5.75 Å². The van der Waals surface area contributed by atoms with E-state index in [0.29, 0.717) is 22.9 Å². The molecule has 2 amide bonds. The maximum atomic E-state index is 12.4. The topological polar surface area (TPSA) is 79.5 Å². The molecule has 2 aromatic rings. The molecule has 0 spiro atoms. The van der Waals surface area contributed by atoms with Gasteiger partial charge in [-0.05, 0) is 48.5 Å². The summed E-state index contributed by atoms with van der Waals surface area (Å²) >= 11 is 10.9. The van der Waals surface area contributed by atoms with Crippen molar-refractivity contribution in [3.05, 3.63) is 64.7 Å². The van der Waals surface area contributed by atoms with Crippen molar-refractivity contribution in [2.45, 2.75) is 26.2 Å². The Bertz CT molecular complexity index is 828. The normalized spacial score (nSPS) is 10.1. The molecule has 0 aliphatic rings. The van der Waals surface area contributed by atoms with Crippen LogP contribution in [0.15, 0.2) is 48.5 Å². The highest BCUT2D eigenvalue weighted by molar-refractivity contribution is 7.80. The summed E-state index contributed by atoms with van der Waals surface area (Å²) in [4.78, 5) is 24.4. The Labute approximate surface area is 174 Å². The zero-order valence-electron chi connectivity index (χ0n) is 15.5. The number of carbonyl (C=O) groups is 2. The molecule has 0 fully saturated rings. The van der Waals surface area contributed by atoms with Gasteiger partial charge in [-0.3, -0.25) is 25.8 Å². The van der Waals surface area contributed by atoms with Crippen LogP contribution < -0.4 is 20.9 Å². The predicted molar refractivity (Wildman–Crippen MR) is 113 cm³/mol. The first kappa shape index (κ1) is 21.7. The van der Waals surface area contributed by atoms with E-state index < -0.39 is 5.91 Å². The van der Waals surface area contributed by atoms with Gasteiger partial charge in [0.2, 0.25) is 5.91 Å². The molecule has 3 N–H and O–H groups in total. The van der Waals surface area contributed by atoms with Gasteiger partial charge in [0.1, 0.15) is 5.75 Å². The van der Waals surface area contributed by atoms with Gasteiger partial charge in [0.05, 0.1) is 18.6 Å². The van der Waals surface area contributed by atoms with Gasteiger partial charge in [0.25, 0.3) is 5.91 Å². The maximum absolute atomic E-state index is 12.4.